The van der Waals surface area contributed by atoms with Crippen LogP contribution in [0.5, 0.6) is 0 Å². The zero-order valence-electron chi connectivity index (χ0n) is 9.65. The first-order valence-corrected chi connectivity index (χ1v) is 7.29. The fourth-order valence-electron chi connectivity index (χ4n) is 2.81. The van der Waals surface area contributed by atoms with Gasteiger partial charge in [0.2, 0.25) is 0 Å². The van der Waals surface area contributed by atoms with E-state index in [1.54, 1.807) is 0 Å². The predicted octanol–water partition coefficient (Wildman–Crippen LogP) is 2.24. The van der Waals surface area contributed by atoms with Gasteiger partial charge in [-0.05, 0) is 43.8 Å². The first-order chi connectivity index (χ1) is 7.60. The normalized spacial score (nSPS) is 35.7. The van der Waals surface area contributed by atoms with Gasteiger partial charge in [0.05, 0.1) is 0 Å². The van der Waals surface area contributed by atoms with Crippen molar-refractivity contribution >= 4 is 17.7 Å². The van der Waals surface area contributed by atoms with E-state index in [9.17, 15) is 4.79 Å². The summed E-state index contributed by atoms with van der Waals surface area (Å²) in [5.74, 6) is 1.26. The minimum absolute atomic E-state index is 0.474. The second-order valence-corrected chi connectivity index (χ2v) is 6.64. The van der Waals surface area contributed by atoms with Crippen molar-refractivity contribution in [2.75, 3.05) is 5.75 Å². The topological polar surface area (TPSA) is 63.3 Å². The molecule has 2 atom stereocenters. The summed E-state index contributed by atoms with van der Waals surface area (Å²) in [5.41, 5.74) is 4.93. The van der Waals surface area contributed by atoms with Crippen LogP contribution >= 0.6 is 11.8 Å². The molecule has 4 heteroatoms. The number of aliphatic carboxylic acids is 1. The van der Waals surface area contributed by atoms with Gasteiger partial charge in [-0.25, -0.2) is 0 Å². The first-order valence-electron chi connectivity index (χ1n) is 6.24. The fourth-order valence-corrected chi connectivity index (χ4v) is 4.39. The molecule has 2 unspecified atom stereocenters. The van der Waals surface area contributed by atoms with Crippen molar-refractivity contribution in [2.24, 2.45) is 11.7 Å². The Labute approximate surface area is 101 Å². The number of carboxylic acids is 1. The van der Waals surface area contributed by atoms with E-state index in [0.717, 1.165) is 12.3 Å². The highest BCUT2D eigenvalue weighted by Gasteiger charge is 2.42. The molecule has 0 aromatic rings. The lowest BCUT2D eigenvalue weighted by Crippen LogP contribution is -2.45. The summed E-state index contributed by atoms with van der Waals surface area (Å²) in [7, 11) is 0. The molecule has 2 fully saturated rings. The minimum atomic E-state index is -0.937. The van der Waals surface area contributed by atoms with E-state index in [0.29, 0.717) is 18.1 Å². The molecule has 3 N–H and O–H groups in total. The van der Waals surface area contributed by atoms with Crippen molar-refractivity contribution in [3.8, 4) is 0 Å². The molecule has 0 aromatic heterocycles. The molecule has 16 heavy (non-hydrogen) atoms. The molecule has 0 heterocycles. The summed E-state index contributed by atoms with van der Waals surface area (Å²) in [5, 5.41) is 9.51. The van der Waals surface area contributed by atoms with E-state index in [1.807, 2.05) is 11.8 Å². The van der Waals surface area contributed by atoms with Crippen LogP contribution in [-0.2, 0) is 4.79 Å². The Balaban J connectivity index is 1.74. The average molecular weight is 243 g/mol. The number of thioether (sulfide) groups is 1. The largest absolute Gasteiger partial charge is 0.480 e. The van der Waals surface area contributed by atoms with Crippen LogP contribution in [0.15, 0.2) is 0 Å². The zero-order chi connectivity index (χ0) is 11.6. The number of nitrogens with two attached hydrogens (primary N) is 1. The van der Waals surface area contributed by atoms with Crippen molar-refractivity contribution < 1.29 is 9.90 Å². The number of hydrogen-bond acceptors (Lipinski definition) is 3. The predicted molar refractivity (Wildman–Crippen MR) is 66.6 cm³/mol. The van der Waals surface area contributed by atoms with Crippen molar-refractivity contribution in [2.45, 2.75) is 55.7 Å². The number of carbonyl (C=O) groups is 1. The second-order valence-electron chi connectivity index (χ2n) is 5.31. The molecule has 2 saturated carbocycles. The highest BCUT2D eigenvalue weighted by molar-refractivity contribution is 7.99. The minimum Gasteiger partial charge on any atom is -0.480 e. The lowest BCUT2D eigenvalue weighted by molar-refractivity contribution is -0.143. The number of hydrogen-bond donors (Lipinski definition) is 2. The van der Waals surface area contributed by atoms with Crippen LogP contribution in [0.4, 0.5) is 0 Å². The van der Waals surface area contributed by atoms with Gasteiger partial charge in [0.15, 0.2) is 0 Å². The van der Waals surface area contributed by atoms with Crippen molar-refractivity contribution in [1.29, 1.82) is 0 Å². The van der Waals surface area contributed by atoms with Gasteiger partial charge in [-0.15, -0.1) is 0 Å². The van der Waals surface area contributed by atoms with Crippen molar-refractivity contribution in [3.05, 3.63) is 0 Å². The molecule has 0 saturated heterocycles. The monoisotopic (exact) mass is 243 g/mol. The Kier molecular flexibility index (Phi) is 3.80. The maximum atomic E-state index is 11.0. The second kappa shape index (κ2) is 4.96. The molecule has 2 aliphatic rings. The van der Waals surface area contributed by atoms with E-state index in [1.165, 1.54) is 31.4 Å². The molecule has 0 bridgehead atoms. The molecular weight excluding hydrogens is 222 g/mol. The molecule has 0 amide bonds. The SMILES string of the molecule is NC1(C(=O)O)CCC(SCC2CCCC2)C1. The Hall–Kier alpha value is -0.220. The Morgan fingerprint density at radius 3 is 2.62 bits per heavy atom. The van der Waals surface area contributed by atoms with Crippen LogP contribution in [0, 0.1) is 5.92 Å². The van der Waals surface area contributed by atoms with Gasteiger partial charge >= 0.3 is 5.97 Å². The average Bonchev–Trinajstić information content (AvgIpc) is 2.85. The third kappa shape index (κ3) is 2.72. The molecule has 3 nitrogen and oxygen atoms in total. The van der Waals surface area contributed by atoms with Gasteiger partial charge in [0.25, 0.3) is 0 Å². The third-order valence-electron chi connectivity index (χ3n) is 3.97. The quantitative estimate of drug-likeness (QED) is 0.795. The highest BCUT2D eigenvalue weighted by atomic mass is 32.2. The molecule has 0 aromatic carbocycles. The Morgan fingerprint density at radius 1 is 1.38 bits per heavy atom. The maximum absolute atomic E-state index is 11.0. The molecule has 2 rings (SSSR count). The van der Waals surface area contributed by atoms with Crippen molar-refractivity contribution in [1.82, 2.24) is 0 Å². The molecule has 92 valence electrons. The van der Waals surface area contributed by atoms with E-state index in [4.69, 9.17) is 10.8 Å². The van der Waals surface area contributed by atoms with Crippen LogP contribution in [0.25, 0.3) is 0 Å². The third-order valence-corrected chi connectivity index (χ3v) is 5.51. The summed E-state index contributed by atoms with van der Waals surface area (Å²) >= 11 is 1.96. The van der Waals surface area contributed by atoms with Crippen molar-refractivity contribution in [3.63, 3.8) is 0 Å². The van der Waals surface area contributed by atoms with E-state index < -0.39 is 11.5 Å². The summed E-state index contributed by atoms with van der Waals surface area (Å²) in [6.45, 7) is 0. The smallest absolute Gasteiger partial charge is 0.323 e. The standard InChI is InChI=1S/C12H21NO2S/c13-12(11(14)15)6-5-10(7-12)16-8-9-3-1-2-4-9/h9-10H,1-8,13H2,(H,14,15). The van der Waals surface area contributed by atoms with Gasteiger partial charge in [0.1, 0.15) is 5.54 Å². The van der Waals surface area contributed by atoms with Crippen LogP contribution in [0.2, 0.25) is 0 Å². The number of carboxylic acid groups (broad SMARTS) is 1. The lowest BCUT2D eigenvalue weighted by atomic mass is 10.0. The van der Waals surface area contributed by atoms with E-state index in [-0.39, 0.29) is 0 Å². The molecule has 0 aliphatic heterocycles. The van der Waals surface area contributed by atoms with Crippen LogP contribution in [-0.4, -0.2) is 27.6 Å². The first kappa shape index (κ1) is 12.2. The molecule has 2 aliphatic carbocycles. The maximum Gasteiger partial charge on any atom is 0.323 e. The number of rotatable bonds is 4. The van der Waals surface area contributed by atoms with Gasteiger partial charge < -0.3 is 10.8 Å². The zero-order valence-corrected chi connectivity index (χ0v) is 10.5. The van der Waals surface area contributed by atoms with Crippen LogP contribution in [0.1, 0.15) is 44.9 Å². The molecule has 0 radical (unpaired) electrons. The van der Waals surface area contributed by atoms with Gasteiger partial charge in [-0.3, -0.25) is 4.79 Å². The summed E-state index contributed by atoms with van der Waals surface area (Å²) in [6, 6.07) is 0. The highest BCUT2D eigenvalue weighted by Crippen LogP contribution is 2.38. The van der Waals surface area contributed by atoms with Gasteiger partial charge in [-0.2, -0.15) is 11.8 Å². The Bertz CT molecular complexity index is 266. The van der Waals surface area contributed by atoms with Gasteiger partial charge in [0, 0.05) is 5.25 Å². The summed E-state index contributed by atoms with van der Waals surface area (Å²) in [4.78, 5) is 11.0. The van der Waals surface area contributed by atoms with Gasteiger partial charge in [-0.1, -0.05) is 12.8 Å². The molecular formula is C12H21NO2S. The molecule has 0 spiro atoms. The summed E-state index contributed by atoms with van der Waals surface area (Å²) in [6.07, 6.45) is 7.76. The van der Waals surface area contributed by atoms with E-state index >= 15 is 0 Å². The van der Waals surface area contributed by atoms with E-state index in [2.05, 4.69) is 0 Å². The lowest BCUT2D eigenvalue weighted by Gasteiger charge is -2.18. The fraction of sp³-hybridized carbons (Fsp3) is 0.917. The summed E-state index contributed by atoms with van der Waals surface area (Å²) < 4.78 is 0. The Morgan fingerprint density at radius 2 is 2.06 bits per heavy atom. The van der Waals surface area contributed by atoms with Crippen LogP contribution < -0.4 is 5.73 Å². The van der Waals surface area contributed by atoms with Crippen LogP contribution in [0.3, 0.4) is 0 Å².